The number of carbonyl (C=O) groups is 2. The van der Waals surface area contributed by atoms with E-state index in [1.54, 1.807) is 19.9 Å². The van der Waals surface area contributed by atoms with Gasteiger partial charge in [-0.25, -0.2) is 9.59 Å². The Morgan fingerprint density at radius 3 is 2.80 bits per heavy atom. The third kappa shape index (κ3) is 2.93. The van der Waals surface area contributed by atoms with Crippen molar-refractivity contribution in [1.29, 1.82) is 0 Å². The molecule has 0 bridgehead atoms. The SMILES string of the molecule is C/C=C1/CC(C)[C@@](C)(O)C(=O)OCC2=C3[C@@H](CC[N+]3(C)C=C2)OC1=O. The number of esters is 2. The lowest BCUT2D eigenvalue weighted by Crippen LogP contribution is -2.44. The first kappa shape index (κ1) is 17.9. The van der Waals surface area contributed by atoms with Crippen molar-refractivity contribution in [2.75, 3.05) is 20.2 Å². The van der Waals surface area contributed by atoms with Crippen LogP contribution in [-0.4, -0.2) is 53.4 Å². The number of cyclic esters (lactones) is 1. The van der Waals surface area contributed by atoms with Crippen LogP contribution >= 0.6 is 0 Å². The number of carbonyl (C=O) groups excluding carboxylic acids is 2. The second-order valence-electron chi connectivity index (χ2n) is 7.54. The summed E-state index contributed by atoms with van der Waals surface area (Å²) in [7, 11) is 2.05. The van der Waals surface area contributed by atoms with Crippen LogP contribution in [0.4, 0.5) is 0 Å². The van der Waals surface area contributed by atoms with Gasteiger partial charge in [0.05, 0.1) is 19.2 Å². The number of nitrogens with zero attached hydrogens (tertiary/aromatic N) is 1. The molecule has 3 aliphatic heterocycles. The van der Waals surface area contributed by atoms with Crippen molar-refractivity contribution in [3.05, 3.63) is 35.2 Å². The smallest absolute Gasteiger partial charge is 0.338 e. The fourth-order valence-corrected chi connectivity index (χ4v) is 3.78. The number of aliphatic hydroxyl groups is 1. The molecule has 3 heterocycles. The first-order valence-electron chi connectivity index (χ1n) is 8.73. The Hall–Kier alpha value is -1.92. The summed E-state index contributed by atoms with van der Waals surface area (Å²) in [5, 5.41) is 10.6. The van der Waals surface area contributed by atoms with Gasteiger partial charge in [0.15, 0.2) is 17.4 Å². The van der Waals surface area contributed by atoms with Gasteiger partial charge in [-0.3, -0.25) is 4.48 Å². The van der Waals surface area contributed by atoms with Gasteiger partial charge in [0.1, 0.15) is 12.8 Å². The van der Waals surface area contributed by atoms with Gasteiger partial charge in [0.2, 0.25) is 0 Å². The highest BCUT2D eigenvalue weighted by molar-refractivity contribution is 5.89. The lowest BCUT2D eigenvalue weighted by molar-refractivity contribution is -0.808. The second-order valence-corrected chi connectivity index (χ2v) is 7.54. The van der Waals surface area contributed by atoms with Crippen molar-refractivity contribution in [2.45, 2.75) is 45.3 Å². The highest BCUT2D eigenvalue weighted by Crippen LogP contribution is 2.40. The molecule has 0 aromatic heterocycles. The maximum atomic E-state index is 12.6. The molecule has 0 aromatic carbocycles. The molecule has 0 aliphatic carbocycles. The van der Waals surface area contributed by atoms with Gasteiger partial charge in [-0.15, -0.1) is 0 Å². The van der Waals surface area contributed by atoms with Gasteiger partial charge < -0.3 is 14.6 Å². The van der Waals surface area contributed by atoms with E-state index < -0.39 is 17.5 Å². The van der Waals surface area contributed by atoms with E-state index in [9.17, 15) is 14.7 Å². The van der Waals surface area contributed by atoms with E-state index in [2.05, 4.69) is 7.05 Å². The molecule has 3 rings (SSSR count). The Balaban J connectivity index is 2.00. The van der Waals surface area contributed by atoms with Crippen LogP contribution in [0.3, 0.4) is 0 Å². The van der Waals surface area contributed by atoms with Gasteiger partial charge in [-0.1, -0.05) is 13.0 Å². The predicted octanol–water partition coefficient (Wildman–Crippen LogP) is 1.81. The summed E-state index contributed by atoms with van der Waals surface area (Å²) in [6.07, 6.45) is 6.32. The van der Waals surface area contributed by atoms with E-state index in [0.717, 1.165) is 24.2 Å². The number of ether oxygens (including phenoxy) is 2. The Bertz CT molecular complexity index is 703. The number of hydrogen-bond acceptors (Lipinski definition) is 5. The fourth-order valence-electron chi connectivity index (χ4n) is 3.78. The zero-order valence-corrected chi connectivity index (χ0v) is 15.2. The molecule has 2 unspecified atom stereocenters. The minimum absolute atomic E-state index is 0.0753. The second kappa shape index (κ2) is 6.11. The summed E-state index contributed by atoms with van der Waals surface area (Å²) in [6.45, 7) is 5.84. The van der Waals surface area contributed by atoms with Crippen molar-refractivity contribution < 1.29 is 28.7 Å². The highest BCUT2D eigenvalue weighted by atomic mass is 16.6. The first-order chi connectivity index (χ1) is 11.7. The van der Waals surface area contributed by atoms with Gasteiger partial charge in [0.25, 0.3) is 0 Å². The minimum atomic E-state index is -1.67. The van der Waals surface area contributed by atoms with Crippen LogP contribution < -0.4 is 0 Å². The van der Waals surface area contributed by atoms with Crippen LogP contribution in [0.1, 0.15) is 33.6 Å². The van der Waals surface area contributed by atoms with E-state index in [0.29, 0.717) is 10.1 Å². The average Bonchev–Trinajstić information content (AvgIpc) is 3.05. The molecule has 136 valence electrons. The quantitative estimate of drug-likeness (QED) is 0.411. The molecule has 0 aromatic rings. The molecule has 6 nitrogen and oxygen atoms in total. The predicted molar refractivity (Wildman–Crippen MR) is 90.8 cm³/mol. The third-order valence-electron chi connectivity index (χ3n) is 5.76. The molecule has 0 radical (unpaired) electrons. The maximum Gasteiger partial charge on any atom is 0.338 e. The van der Waals surface area contributed by atoms with Gasteiger partial charge in [-0.2, -0.15) is 0 Å². The molecule has 0 amide bonds. The van der Waals surface area contributed by atoms with Crippen molar-refractivity contribution >= 4 is 11.9 Å². The van der Waals surface area contributed by atoms with Crippen LogP contribution in [0.15, 0.2) is 35.2 Å². The van der Waals surface area contributed by atoms with Gasteiger partial charge >= 0.3 is 11.9 Å². The monoisotopic (exact) mass is 348 g/mol. The molecule has 1 N–H and O–H groups in total. The van der Waals surface area contributed by atoms with E-state index in [1.165, 1.54) is 6.92 Å². The Labute approximate surface area is 148 Å². The van der Waals surface area contributed by atoms with Crippen LogP contribution in [0.2, 0.25) is 0 Å². The summed E-state index contributed by atoms with van der Waals surface area (Å²) in [5.41, 5.74) is 0.603. The Morgan fingerprint density at radius 1 is 1.40 bits per heavy atom. The Kier molecular flexibility index (Phi) is 4.37. The summed E-state index contributed by atoms with van der Waals surface area (Å²) in [6, 6.07) is 0. The number of allylic oxidation sites excluding steroid dienone is 1. The molecule has 25 heavy (non-hydrogen) atoms. The maximum absolute atomic E-state index is 12.6. The van der Waals surface area contributed by atoms with Crippen LogP contribution in [0.5, 0.6) is 0 Å². The van der Waals surface area contributed by atoms with Gasteiger partial charge in [0, 0.05) is 18.1 Å². The fraction of sp³-hybridized carbons (Fsp3) is 0.579. The summed E-state index contributed by atoms with van der Waals surface area (Å²) in [4.78, 5) is 25.1. The zero-order chi connectivity index (χ0) is 18.4. The Morgan fingerprint density at radius 2 is 2.12 bits per heavy atom. The summed E-state index contributed by atoms with van der Waals surface area (Å²) >= 11 is 0. The lowest BCUT2D eigenvalue weighted by Gasteiger charge is -2.30. The number of quaternary nitrogens is 1. The molecule has 4 atom stereocenters. The average molecular weight is 348 g/mol. The molecule has 1 saturated heterocycles. The number of likely N-dealkylation sites (N-methyl/N-ethyl adjacent to an activating group) is 1. The molecule has 0 saturated carbocycles. The largest absolute Gasteiger partial charge is 0.458 e. The molecular formula is C19H26NO5+. The minimum Gasteiger partial charge on any atom is -0.458 e. The zero-order valence-electron chi connectivity index (χ0n) is 15.2. The first-order valence-corrected chi connectivity index (χ1v) is 8.73. The topological polar surface area (TPSA) is 72.8 Å². The normalized spacial score (nSPS) is 40.4. The highest BCUT2D eigenvalue weighted by Gasteiger charge is 2.48. The summed E-state index contributed by atoms with van der Waals surface area (Å²) in [5.74, 6) is -1.52. The van der Waals surface area contributed by atoms with E-state index in [-0.39, 0.29) is 25.1 Å². The van der Waals surface area contributed by atoms with Crippen molar-refractivity contribution in [2.24, 2.45) is 5.92 Å². The molecule has 6 heteroatoms. The van der Waals surface area contributed by atoms with Crippen LogP contribution in [0, 0.1) is 5.92 Å². The van der Waals surface area contributed by atoms with E-state index in [4.69, 9.17) is 9.47 Å². The van der Waals surface area contributed by atoms with Crippen molar-refractivity contribution in [3.8, 4) is 0 Å². The summed E-state index contributed by atoms with van der Waals surface area (Å²) < 4.78 is 11.8. The van der Waals surface area contributed by atoms with E-state index in [1.807, 2.05) is 12.3 Å². The number of rotatable bonds is 0. The molecule has 3 aliphatic rings. The standard InChI is InChI=1S/C19H26NO5/c1-5-13-10-12(2)19(3,23)18(22)24-11-14-6-8-20(4)9-7-15(16(14)20)25-17(13)21/h5-6,8,12,15,23H,7,9-11H2,1-4H3/q+1/b13-5-/t12?,15-,19-,20?/m1/s1. The molecule has 0 spiro atoms. The van der Waals surface area contributed by atoms with Crippen molar-refractivity contribution in [3.63, 3.8) is 0 Å². The lowest BCUT2D eigenvalue weighted by atomic mass is 9.85. The van der Waals surface area contributed by atoms with E-state index >= 15 is 0 Å². The molecule has 1 fully saturated rings. The molecular weight excluding hydrogens is 322 g/mol. The third-order valence-corrected chi connectivity index (χ3v) is 5.76. The number of hydrogen-bond donors (Lipinski definition) is 1. The van der Waals surface area contributed by atoms with Crippen molar-refractivity contribution in [1.82, 2.24) is 0 Å². The van der Waals surface area contributed by atoms with Crippen LogP contribution in [-0.2, 0) is 19.1 Å². The van der Waals surface area contributed by atoms with Gasteiger partial charge in [-0.05, 0) is 26.2 Å². The van der Waals surface area contributed by atoms with Crippen LogP contribution in [0.25, 0.3) is 0 Å².